The van der Waals surface area contributed by atoms with Crippen molar-refractivity contribution in [3.8, 4) is 5.69 Å². The van der Waals surface area contributed by atoms with Gasteiger partial charge in [0.05, 0.1) is 39.2 Å². The van der Waals surface area contributed by atoms with Gasteiger partial charge in [-0.1, -0.05) is 60.7 Å². The molecule has 3 heterocycles. The van der Waals surface area contributed by atoms with Crippen molar-refractivity contribution in [2.24, 2.45) is 20.8 Å². The number of benzene rings is 4. The van der Waals surface area contributed by atoms with E-state index in [-0.39, 0.29) is 17.9 Å². The molecule has 0 aliphatic carbocycles. The summed E-state index contributed by atoms with van der Waals surface area (Å²) in [6.07, 6.45) is 1.60. The van der Waals surface area contributed by atoms with Crippen LogP contribution in [0, 0.1) is 20.2 Å². The normalized spacial score (nSPS) is 13.1. The van der Waals surface area contributed by atoms with Crippen LogP contribution < -0.4 is 11.3 Å². The molecule has 0 unspecified atom stereocenters. The van der Waals surface area contributed by atoms with E-state index in [1.165, 1.54) is 18.2 Å². The van der Waals surface area contributed by atoms with Gasteiger partial charge < -0.3 is 5.43 Å². The molecule has 222 valence electrons. The van der Waals surface area contributed by atoms with Gasteiger partial charge in [0.2, 0.25) is 0 Å². The van der Waals surface area contributed by atoms with Gasteiger partial charge in [-0.3, -0.25) is 34.8 Å². The number of nitrogens with two attached hydrogens (primary N) is 1. The number of rotatable bonds is 4. The monoisotopic (exact) mass is 600 g/mol. The van der Waals surface area contributed by atoms with Gasteiger partial charge in [0.15, 0.2) is 5.82 Å². The van der Waals surface area contributed by atoms with Crippen molar-refractivity contribution in [2.75, 3.05) is 6.54 Å². The number of nitrogens with one attached hydrogen (secondary N) is 1. The molecule has 14 heteroatoms. The standard InChI is InChI=1S/C16H11N5O2.C15H13N5O2/c22-21(23)12-6-7-14-13(8-12)16(11-4-2-1-3-5-11)17-9-15-19-18-10-20(14)15;16-19-14-9-17-15(10-4-2-1-3-5-10)12-8-11(20(21)22)6-7-13(12)18-14/h1-8,10H,9H2;1-8H,9,16H2,(H,18,19). The molecule has 0 saturated heterocycles. The molecule has 0 bridgehead atoms. The SMILES string of the molecule is NNC1=Nc2ccc([N+](=O)[O-])cc2C(c2ccccc2)=NC1.O=[N+]([O-])c1ccc2c(c1)C(c1ccccc1)=NCc1nncn1-2. The first-order chi connectivity index (χ1) is 21.9. The molecule has 7 rings (SSSR count). The van der Waals surface area contributed by atoms with Gasteiger partial charge in [0, 0.05) is 46.5 Å². The Morgan fingerprint density at radius 3 is 1.93 bits per heavy atom. The average Bonchev–Trinajstić information content (AvgIpc) is 3.38. The van der Waals surface area contributed by atoms with E-state index < -0.39 is 9.85 Å². The van der Waals surface area contributed by atoms with Gasteiger partial charge in [-0.25, -0.2) is 10.8 Å². The maximum Gasteiger partial charge on any atom is 0.270 e. The minimum atomic E-state index is -0.431. The van der Waals surface area contributed by atoms with Crippen molar-refractivity contribution in [1.82, 2.24) is 20.2 Å². The van der Waals surface area contributed by atoms with Crippen LogP contribution in [0.3, 0.4) is 0 Å². The largest absolute Gasteiger partial charge is 0.310 e. The van der Waals surface area contributed by atoms with E-state index in [0.29, 0.717) is 40.7 Å². The zero-order valence-electron chi connectivity index (χ0n) is 23.5. The molecular weight excluding hydrogens is 576 g/mol. The Kier molecular flexibility index (Phi) is 7.94. The first-order valence-electron chi connectivity index (χ1n) is 13.6. The van der Waals surface area contributed by atoms with E-state index in [4.69, 9.17) is 5.84 Å². The highest BCUT2D eigenvalue weighted by Gasteiger charge is 2.23. The quantitative estimate of drug-likeness (QED) is 0.171. The summed E-state index contributed by atoms with van der Waals surface area (Å²) in [6, 6.07) is 28.4. The molecule has 0 radical (unpaired) electrons. The minimum Gasteiger partial charge on any atom is -0.310 e. The van der Waals surface area contributed by atoms with Crippen LogP contribution in [0.2, 0.25) is 0 Å². The van der Waals surface area contributed by atoms with Crippen molar-refractivity contribution in [3.63, 3.8) is 0 Å². The Balaban J connectivity index is 0.000000159. The number of hydrazine groups is 1. The molecule has 1 aromatic heterocycles. The smallest absolute Gasteiger partial charge is 0.270 e. The third kappa shape index (κ3) is 5.93. The number of hydrogen-bond acceptors (Lipinski definition) is 11. The molecule has 0 saturated carbocycles. The van der Waals surface area contributed by atoms with E-state index in [0.717, 1.165) is 22.5 Å². The average molecular weight is 601 g/mol. The van der Waals surface area contributed by atoms with Crippen molar-refractivity contribution in [3.05, 3.63) is 152 Å². The van der Waals surface area contributed by atoms with Crippen LogP contribution in [0.4, 0.5) is 17.1 Å². The van der Waals surface area contributed by atoms with Crippen molar-refractivity contribution in [2.45, 2.75) is 6.54 Å². The van der Waals surface area contributed by atoms with E-state index in [1.54, 1.807) is 24.5 Å². The van der Waals surface area contributed by atoms with Gasteiger partial charge in [0.1, 0.15) is 18.7 Å². The molecule has 4 aromatic carbocycles. The third-order valence-corrected chi connectivity index (χ3v) is 7.05. The van der Waals surface area contributed by atoms with Crippen LogP contribution in [-0.2, 0) is 6.54 Å². The molecular formula is C31H24N10O4. The van der Waals surface area contributed by atoms with Gasteiger partial charge in [0.25, 0.3) is 11.4 Å². The molecule has 14 nitrogen and oxygen atoms in total. The minimum absolute atomic E-state index is 0.00161. The Morgan fingerprint density at radius 2 is 1.31 bits per heavy atom. The number of nitro groups is 2. The fraction of sp³-hybridized carbons (Fsp3) is 0.0645. The third-order valence-electron chi connectivity index (χ3n) is 7.05. The zero-order valence-corrected chi connectivity index (χ0v) is 23.5. The van der Waals surface area contributed by atoms with Crippen LogP contribution >= 0.6 is 0 Å². The highest BCUT2D eigenvalue weighted by atomic mass is 16.6. The summed E-state index contributed by atoms with van der Waals surface area (Å²) >= 11 is 0. The molecule has 5 aromatic rings. The van der Waals surface area contributed by atoms with Gasteiger partial charge >= 0.3 is 0 Å². The summed E-state index contributed by atoms with van der Waals surface area (Å²) in [5, 5.41) is 30.2. The lowest BCUT2D eigenvalue weighted by Gasteiger charge is -2.11. The Morgan fingerprint density at radius 1 is 0.733 bits per heavy atom. The molecule has 0 spiro atoms. The van der Waals surface area contributed by atoms with E-state index >= 15 is 0 Å². The van der Waals surface area contributed by atoms with E-state index in [9.17, 15) is 20.2 Å². The first-order valence-corrected chi connectivity index (χ1v) is 13.6. The predicted octanol–water partition coefficient (Wildman–Crippen LogP) is 4.47. The van der Waals surface area contributed by atoms with Crippen molar-refractivity contribution in [1.29, 1.82) is 0 Å². The van der Waals surface area contributed by atoms with E-state index in [1.807, 2.05) is 65.2 Å². The maximum atomic E-state index is 11.1. The Labute approximate surface area is 255 Å². The summed E-state index contributed by atoms with van der Waals surface area (Å²) in [4.78, 5) is 34.9. The predicted molar refractivity (Wildman–Crippen MR) is 168 cm³/mol. The van der Waals surface area contributed by atoms with Crippen LogP contribution in [-0.4, -0.2) is 48.4 Å². The van der Waals surface area contributed by atoms with Gasteiger partial charge in [-0.2, -0.15) is 0 Å². The summed E-state index contributed by atoms with van der Waals surface area (Å²) in [6.45, 7) is 0.649. The zero-order chi connectivity index (χ0) is 31.3. The first kappa shape index (κ1) is 28.7. The fourth-order valence-electron chi connectivity index (χ4n) is 4.95. The number of aliphatic imine (C=N–C) groups is 3. The number of nitrogens with zero attached hydrogens (tertiary/aromatic N) is 8. The topological polar surface area (TPSA) is 192 Å². The van der Waals surface area contributed by atoms with Gasteiger partial charge in [-0.05, 0) is 12.1 Å². The van der Waals surface area contributed by atoms with Crippen LogP contribution in [0.25, 0.3) is 5.69 Å². The van der Waals surface area contributed by atoms with Crippen LogP contribution in [0.15, 0.2) is 118 Å². The number of aromatic nitrogens is 3. The molecule has 3 N–H and O–H groups in total. The lowest BCUT2D eigenvalue weighted by Crippen LogP contribution is -2.32. The summed E-state index contributed by atoms with van der Waals surface area (Å²) in [5.74, 6) is 6.63. The van der Waals surface area contributed by atoms with Gasteiger partial charge in [-0.15, -0.1) is 10.2 Å². The lowest BCUT2D eigenvalue weighted by molar-refractivity contribution is -0.385. The summed E-state index contributed by atoms with van der Waals surface area (Å²) < 4.78 is 1.82. The summed E-state index contributed by atoms with van der Waals surface area (Å²) in [7, 11) is 0. The van der Waals surface area contributed by atoms with Crippen molar-refractivity contribution >= 4 is 34.3 Å². The van der Waals surface area contributed by atoms with Crippen molar-refractivity contribution < 1.29 is 9.85 Å². The second-order valence-electron chi connectivity index (χ2n) is 9.80. The highest BCUT2D eigenvalue weighted by molar-refractivity contribution is 6.18. The molecule has 2 aliphatic rings. The second kappa shape index (κ2) is 12.4. The molecule has 0 amide bonds. The fourth-order valence-corrected chi connectivity index (χ4v) is 4.95. The number of hydrogen-bond donors (Lipinski definition) is 2. The Bertz CT molecular complexity index is 2000. The highest BCUT2D eigenvalue weighted by Crippen LogP contribution is 2.30. The number of fused-ring (bicyclic) bond motifs is 4. The molecule has 2 aliphatic heterocycles. The molecule has 0 fully saturated rings. The number of non-ortho nitro benzene ring substituents is 2. The van der Waals surface area contributed by atoms with Crippen LogP contribution in [0.5, 0.6) is 0 Å². The second-order valence-corrected chi connectivity index (χ2v) is 9.80. The van der Waals surface area contributed by atoms with Crippen LogP contribution in [0.1, 0.15) is 28.1 Å². The number of nitro benzene ring substituents is 2. The number of amidine groups is 1. The lowest BCUT2D eigenvalue weighted by atomic mass is 10.00. The summed E-state index contributed by atoms with van der Waals surface area (Å²) in [5.41, 5.74) is 8.40. The Hall–Kier alpha value is -6.41. The molecule has 45 heavy (non-hydrogen) atoms. The molecule has 0 atom stereocenters. The van der Waals surface area contributed by atoms with E-state index in [2.05, 4.69) is 30.6 Å². The maximum absolute atomic E-state index is 11.1.